The van der Waals surface area contributed by atoms with Gasteiger partial charge in [0, 0.05) is 12.4 Å². The second-order valence-electron chi connectivity index (χ2n) is 2.40. The van der Waals surface area contributed by atoms with Crippen molar-refractivity contribution in [2.45, 2.75) is 5.03 Å². The number of imidazole rings is 1. The summed E-state index contributed by atoms with van der Waals surface area (Å²) in [6.07, 6.45) is 7.22. The molecule has 5 heteroatoms. The monoisotopic (exact) mass is 192 g/mol. The molecule has 0 bridgehead atoms. The predicted molar refractivity (Wildman–Crippen MR) is 50.9 cm³/mol. The van der Waals surface area contributed by atoms with Crippen LogP contribution in [0.4, 0.5) is 0 Å². The molecule has 2 heterocycles. The molecule has 0 aliphatic rings. The second-order valence-corrected chi connectivity index (χ2v) is 3.23. The van der Waals surface area contributed by atoms with Crippen molar-refractivity contribution in [1.29, 1.82) is 0 Å². The van der Waals surface area contributed by atoms with Gasteiger partial charge in [-0.25, -0.2) is 4.98 Å². The van der Waals surface area contributed by atoms with Crippen LogP contribution in [-0.2, 0) is 0 Å². The molecule has 0 unspecified atom stereocenters. The molecule has 0 atom stereocenters. The Kier molecular flexibility index (Phi) is 2.27. The molecule has 0 N–H and O–H groups in total. The van der Waals surface area contributed by atoms with E-state index in [1.165, 1.54) is 0 Å². The average Bonchev–Trinajstić information content (AvgIpc) is 2.71. The van der Waals surface area contributed by atoms with Gasteiger partial charge in [0.25, 0.3) is 0 Å². The van der Waals surface area contributed by atoms with E-state index in [0.29, 0.717) is 0 Å². The molecule has 0 saturated heterocycles. The third kappa shape index (κ3) is 1.70. The van der Waals surface area contributed by atoms with E-state index in [1.54, 1.807) is 24.3 Å². The molecule has 0 fully saturated rings. The van der Waals surface area contributed by atoms with Crippen LogP contribution < -0.4 is 0 Å². The topological polar surface area (TPSA) is 43.6 Å². The molecule has 2 aromatic rings. The first-order valence-corrected chi connectivity index (χ1v) is 4.98. The normalized spacial score (nSPS) is 10.2. The molecule has 2 aromatic heterocycles. The van der Waals surface area contributed by atoms with E-state index in [1.807, 2.05) is 29.2 Å². The lowest BCUT2D eigenvalue weighted by Gasteiger charge is -1.99. The van der Waals surface area contributed by atoms with Crippen molar-refractivity contribution in [2.75, 3.05) is 6.26 Å². The number of hydrogen-bond donors (Lipinski definition) is 0. The van der Waals surface area contributed by atoms with Crippen LogP contribution in [-0.4, -0.2) is 26.0 Å². The lowest BCUT2D eigenvalue weighted by Crippen LogP contribution is -1.96. The van der Waals surface area contributed by atoms with Crippen LogP contribution in [0.2, 0.25) is 0 Å². The Morgan fingerprint density at radius 1 is 1.31 bits per heavy atom. The minimum Gasteiger partial charge on any atom is -0.289 e. The maximum absolute atomic E-state index is 4.04. The van der Waals surface area contributed by atoms with Crippen LogP contribution in [0.1, 0.15) is 0 Å². The van der Waals surface area contributed by atoms with Crippen molar-refractivity contribution < 1.29 is 0 Å². The van der Waals surface area contributed by atoms with Crippen molar-refractivity contribution in [3.05, 3.63) is 30.9 Å². The minimum atomic E-state index is 0.787. The van der Waals surface area contributed by atoms with Crippen molar-refractivity contribution >= 4 is 11.8 Å². The van der Waals surface area contributed by atoms with Crippen LogP contribution in [0.3, 0.4) is 0 Å². The summed E-state index contributed by atoms with van der Waals surface area (Å²) in [5, 5.41) is 8.98. The summed E-state index contributed by atoms with van der Waals surface area (Å²) in [5.74, 6) is 0.787. The fourth-order valence-electron chi connectivity index (χ4n) is 0.954. The van der Waals surface area contributed by atoms with Gasteiger partial charge in [0.05, 0.1) is 0 Å². The van der Waals surface area contributed by atoms with Crippen LogP contribution in [0, 0.1) is 0 Å². The molecular weight excluding hydrogens is 184 g/mol. The maximum Gasteiger partial charge on any atom is 0.160 e. The first-order valence-electron chi connectivity index (χ1n) is 3.76. The fourth-order valence-corrected chi connectivity index (χ4v) is 1.28. The van der Waals surface area contributed by atoms with Gasteiger partial charge in [0.15, 0.2) is 5.82 Å². The molecule has 0 aliphatic heterocycles. The average molecular weight is 192 g/mol. The summed E-state index contributed by atoms with van der Waals surface area (Å²) in [6.45, 7) is 0. The van der Waals surface area contributed by atoms with Crippen LogP contribution in [0.25, 0.3) is 5.82 Å². The molecule has 0 spiro atoms. The molecule has 0 amide bonds. The summed E-state index contributed by atoms with van der Waals surface area (Å²) in [5.41, 5.74) is 0. The number of rotatable bonds is 2. The molecule has 66 valence electrons. The summed E-state index contributed by atoms with van der Waals surface area (Å²) < 4.78 is 1.82. The Labute approximate surface area is 80.0 Å². The predicted octanol–water partition coefficient (Wildman–Crippen LogP) is 1.38. The molecule has 2 rings (SSSR count). The standard InChI is InChI=1S/C8H8N4S/c1-13-8-3-2-7(10-11-8)12-5-4-9-6-12/h2-6H,1H3. The third-order valence-electron chi connectivity index (χ3n) is 1.60. The number of aromatic nitrogens is 4. The van der Waals surface area contributed by atoms with E-state index in [4.69, 9.17) is 0 Å². The maximum atomic E-state index is 4.04. The number of hydrogen-bond acceptors (Lipinski definition) is 4. The van der Waals surface area contributed by atoms with Crippen molar-refractivity contribution in [3.63, 3.8) is 0 Å². The molecule has 0 radical (unpaired) electrons. The first-order chi connectivity index (χ1) is 6.40. The highest BCUT2D eigenvalue weighted by Crippen LogP contribution is 2.10. The van der Waals surface area contributed by atoms with Crippen molar-refractivity contribution in [3.8, 4) is 5.82 Å². The van der Waals surface area contributed by atoms with Gasteiger partial charge < -0.3 is 0 Å². The first kappa shape index (κ1) is 8.25. The van der Waals surface area contributed by atoms with E-state index in [-0.39, 0.29) is 0 Å². The Morgan fingerprint density at radius 2 is 2.23 bits per heavy atom. The highest BCUT2D eigenvalue weighted by Gasteiger charge is 1.97. The van der Waals surface area contributed by atoms with Crippen LogP contribution >= 0.6 is 11.8 Å². The highest BCUT2D eigenvalue weighted by atomic mass is 32.2. The third-order valence-corrected chi connectivity index (χ3v) is 2.24. The van der Waals surface area contributed by atoms with E-state index in [2.05, 4.69) is 15.2 Å². The summed E-state index contributed by atoms with van der Waals surface area (Å²) in [6, 6.07) is 3.85. The molecule has 0 saturated carbocycles. The lowest BCUT2D eigenvalue weighted by molar-refractivity contribution is 0.862. The SMILES string of the molecule is CSc1ccc(-n2ccnc2)nn1. The van der Waals surface area contributed by atoms with Crippen molar-refractivity contribution in [1.82, 2.24) is 19.7 Å². The molecular formula is C8H8N4S. The summed E-state index contributed by atoms with van der Waals surface area (Å²) >= 11 is 1.58. The Bertz CT molecular complexity index is 368. The highest BCUT2D eigenvalue weighted by molar-refractivity contribution is 7.98. The molecule has 0 aliphatic carbocycles. The van der Waals surface area contributed by atoms with E-state index in [0.717, 1.165) is 10.8 Å². The lowest BCUT2D eigenvalue weighted by atomic mass is 10.5. The van der Waals surface area contributed by atoms with E-state index < -0.39 is 0 Å². The van der Waals surface area contributed by atoms with Gasteiger partial charge in [-0.3, -0.25) is 4.57 Å². The van der Waals surface area contributed by atoms with Gasteiger partial charge >= 0.3 is 0 Å². The summed E-state index contributed by atoms with van der Waals surface area (Å²) in [4.78, 5) is 3.93. The second kappa shape index (κ2) is 3.57. The van der Waals surface area contributed by atoms with Gasteiger partial charge in [-0.2, -0.15) is 0 Å². The zero-order valence-electron chi connectivity index (χ0n) is 7.08. The minimum absolute atomic E-state index is 0.787. The number of thioether (sulfide) groups is 1. The van der Waals surface area contributed by atoms with Crippen molar-refractivity contribution in [2.24, 2.45) is 0 Å². The molecule has 0 aromatic carbocycles. The van der Waals surface area contributed by atoms with Gasteiger partial charge in [0.1, 0.15) is 11.4 Å². The molecule has 13 heavy (non-hydrogen) atoms. The van der Waals surface area contributed by atoms with E-state index >= 15 is 0 Å². The zero-order chi connectivity index (χ0) is 9.10. The summed E-state index contributed by atoms with van der Waals surface area (Å²) in [7, 11) is 0. The smallest absolute Gasteiger partial charge is 0.160 e. The molecule has 4 nitrogen and oxygen atoms in total. The fraction of sp³-hybridized carbons (Fsp3) is 0.125. The van der Waals surface area contributed by atoms with Gasteiger partial charge in [0.2, 0.25) is 0 Å². The Morgan fingerprint density at radius 3 is 2.77 bits per heavy atom. The van der Waals surface area contributed by atoms with Crippen LogP contribution in [0.15, 0.2) is 35.9 Å². The largest absolute Gasteiger partial charge is 0.289 e. The van der Waals surface area contributed by atoms with Gasteiger partial charge in [-0.15, -0.1) is 22.0 Å². The van der Waals surface area contributed by atoms with Crippen LogP contribution in [0.5, 0.6) is 0 Å². The Hall–Kier alpha value is -1.36. The number of nitrogens with zero attached hydrogens (tertiary/aromatic N) is 4. The zero-order valence-corrected chi connectivity index (χ0v) is 7.90. The quantitative estimate of drug-likeness (QED) is 0.674. The van der Waals surface area contributed by atoms with E-state index in [9.17, 15) is 0 Å². The van der Waals surface area contributed by atoms with Gasteiger partial charge in [-0.1, -0.05) is 0 Å². The van der Waals surface area contributed by atoms with Gasteiger partial charge in [-0.05, 0) is 18.4 Å². The Balaban J connectivity index is 2.33.